The van der Waals surface area contributed by atoms with Crippen molar-refractivity contribution in [3.05, 3.63) is 0 Å². The van der Waals surface area contributed by atoms with Crippen LogP contribution >= 0.6 is 0 Å². The molecule has 0 spiro atoms. The van der Waals surface area contributed by atoms with Gasteiger partial charge in [0.05, 0.1) is 18.8 Å². The summed E-state index contributed by atoms with van der Waals surface area (Å²) in [6.45, 7) is 8.17. The molecule has 4 nitrogen and oxygen atoms in total. The molecule has 2 N–H and O–H groups in total. The number of likely N-dealkylation sites (tertiary alicyclic amines) is 1. The summed E-state index contributed by atoms with van der Waals surface area (Å²) in [5.41, 5.74) is 6.31. The van der Waals surface area contributed by atoms with Crippen molar-refractivity contribution in [2.24, 2.45) is 17.6 Å². The Hall–Kier alpha value is -0.610. The van der Waals surface area contributed by atoms with E-state index in [4.69, 9.17) is 10.5 Å². The summed E-state index contributed by atoms with van der Waals surface area (Å²) in [7, 11) is 0. The summed E-state index contributed by atoms with van der Waals surface area (Å²) in [6, 6.07) is 0.141. The van der Waals surface area contributed by atoms with Gasteiger partial charge in [-0.15, -0.1) is 0 Å². The second kappa shape index (κ2) is 9.03. The summed E-state index contributed by atoms with van der Waals surface area (Å²) >= 11 is 0. The summed E-state index contributed by atoms with van der Waals surface area (Å²) in [6.07, 6.45) is 8.79. The normalized spacial score (nSPS) is 32.3. The smallest absolute Gasteiger partial charge is 0.222 e. The molecule has 2 atom stereocenters. The largest absolute Gasteiger partial charge is 0.376 e. The number of hydrogen-bond donors (Lipinski definition) is 1. The van der Waals surface area contributed by atoms with Crippen LogP contribution in [0.1, 0.15) is 72.1 Å². The number of amides is 1. The number of carbonyl (C=O) groups excluding carboxylic acids is 1. The van der Waals surface area contributed by atoms with Crippen LogP contribution in [0.2, 0.25) is 0 Å². The minimum Gasteiger partial charge on any atom is -0.376 e. The molecule has 134 valence electrons. The summed E-state index contributed by atoms with van der Waals surface area (Å²) in [5.74, 6) is 1.89. The fraction of sp³-hybridized carbons (Fsp3) is 0.947. The van der Waals surface area contributed by atoms with Gasteiger partial charge in [0.25, 0.3) is 0 Å². The van der Waals surface area contributed by atoms with Gasteiger partial charge in [0.1, 0.15) is 0 Å². The lowest BCUT2D eigenvalue weighted by molar-refractivity contribution is -0.138. The average molecular weight is 325 g/mol. The highest BCUT2D eigenvalue weighted by Crippen LogP contribution is 2.31. The molecule has 23 heavy (non-hydrogen) atoms. The quantitative estimate of drug-likeness (QED) is 0.815. The monoisotopic (exact) mass is 324 g/mol. The number of hydrogen-bond acceptors (Lipinski definition) is 3. The van der Waals surface area contributed by atoms with Crippen molar-refractivity contribution >= 4 is 5.91 Å². The lowest BCUT2D eigenvalue weighted by atomic mass is 9.80. The van der Waals surface area contributed by atoms with Crippen LogP contribution in [0.4, 0.5) is 0 Å². The molecule has 0 aromatic rings. The van der Waals surface area contributed by atoms with E-state index in [0.29, 0.717) is 19.1 Å². The molecule has 1 amide bonds. The lowest BCUT2D eigenvalue weighted by Crippen LogP contribution is -2.56. The first-order chi connectivity index (χ1) is 11.0. The molecule has 2 aliphatic rings. The highest BCUT2D eigenvalue weighted by atomic mass is 16.5. The maximum Gasteiger partial charge on any atom is 0.222 e. The Balaban J connectivity index is 1.83. The maximum atomic E-state index is 12.3. The lowest BCUT2D eigenvalue weighted by Gasteiger charge is -2.41. The first-order valence-corrected chi connectivity index (χ1v) is 9.69. The predicted octanol–water partition coefficient (Wildman–Crippen LogP) is 3.34. The van der Waals surface area contributed by atoms with E-state index in [2.05, 4.69) is 20.8 Å². The van der Waals surface area contributed by atoms with Crippen molar-refractivity contribution in [1.82, 2.24) is 4.90 Å². The third-order valence-electron chi connectivity index (χ3n) is 5.78. The van der Waals surface area contributed by atoms with Gasteiger partial charge in [-0.3, -0.25) is 4.79 Å². The van der Waals surface area contributed by atoms with Crippen molar-refractivity contribution in [3.63, 3.8) is 0 Å². The number of ether oxygens (including phenoxy) is 1. The van der Waals surface area contributed by atoms with Crippen LogP contribution in [-0.2, 0) is 9.53 Å². The molecule has 0 aromatic heterocycles. The Morgan fingerprint density at radius 2 is 1.91 bits per heavy atom. The molecule has 1 aliphatic heterocycles. The fourth-order valence-electron chi connectivity index (χ4n) is 4.12. The molecule has 0 aromatic carbocycles. The SMILES string of the molecule is CCCC(=O)N1CCCC(N)C1COC1CCC(C(C)C)CC1. The van der Waals surface area contributed by atoms with E-state index < -0.39 is 0 Å². The van der Waals surface area contributed by atoms with Crippen LogP contribution in [0.25, 0.3) is 0 Å². The first kappa shape index (κ1) is 18.7. The van der Waals surface area contributed by atoms with Crippen LogP contribution in [0, 0.1) is 11.8 Å². The summed E-state index contributed by atoms with van der Waals surface area (Å²) in [4.78, 5) is 14.3. The Morgan fingerprint density at radius 1 is 1.22 bits per heavy atom. The minimum absolute atomic E-state index is 0.0663. The molecule has 0 bridgehead atoms. The number of rotatable bonds is 6. The van der Waals surface area contributed by atoms with Crippen LogP contribution < -0.4 is 5.73 Å². The van der Waals surface area contributed by atoms with E-state index in [-0.39, 0.29) is 18.0 Å². The maximum absolute atomic E-state index is 12.3. The topological polar surface area (TPSA) is 55.6 Å². The second-order valence-corrected chi connectivity index (χ2v) is 7.82. The molecule has 2 fully saturated rings. The zero-order valence-electron chi connectivity index (χ0n) is 15.3. The minimum atomic E-state index is 0.0663. The van der Waals surface area contributed by atoms with Crippen LogP contribution in [-0.4, -0.2) is 42.1 Å². The number of nitrogens with two attached hydrogens (primary N) is 1. The molecular formula is C19H36N2O2. The summed E-state index contributed by atoms with van der Waals surface area (Å²) in [5, 5.41) is 0. The molecule has 1 aliphatic carbocycles. The Labute approximate surface area is 142 Å². The molecule has 2 rings (SSSR count). The van der Waals surface area contributed by atoms with Gasteiger partial charge in [-0.05, 0) is 56.8 Å². The highest BCUT2D eigenvalue weighted by molar-refractivity contribution is 5.76. The van der Waals surface area contributed by atoms with Crippen molar-refractivity contribution in [1.29, 1.82) is 0 Å². The van der Waals surface area contributed by atoms with Crippen LogP contribution in [0.3, 0.4) is 0 Å². The highest BCUT2D eigenvalue weighted by Gasteiger charge is 2.33. The molecule has 4 heteroatoms. The zero-order valence-corrected chi connectivity index (χ0v) is 15.3. The molecule has 1 saturated carbocycles. The Bertz CT molecular complexity index is 364. The second-order valence-electron chi connectivity index (χ2n) is 7.82. The van der Waals surface area contributed by atoms with E-state index >= 15 is 0 Å². The third kappa shape index (κ3) is 5.18. The van der Waals surface area contributed by atoms with E-state index in [1.807, 2.05) is 4.90 Å². The standard InChI is InChI=1S/C19H36N2O2/c1-4-6-19(22)21-12-5-7-17(20)18(21)13-23-16-10-8-15(9-11-16)14(2)3/h14-18H,4-13,20H2,1-3H3. The van der Waals surface area contributed by atoms with E-state index in [9.17, 15) is 4.79 Å². The zero-order chi connectivity index (χ0) is 16.8. The van der Waals surface area contributed by atoms with Gasteiger partial charge in [-0.2, -0.15) is 0 Å². The van der Waals surface area contributed by atoms with Gasteiger partial charge < -0.3 is 15.4 Å². The number of piperidine rings is 1. The van der Waals surface area contributed by atoms with Gasteiger partial charge in [0.2, 0.25) is 5.91 Å². The third-order valence-corrected chi connectivity index (χ3v) is 5.78. The van der Waals surface area contributed by atoms with Gasteiger partial charge in [0, 0.05) is 19.0 Å². The Kier molecular flexibility index (Phi) is 7.35. The summed E-state index contributed by atoms with van der Waals surface area (Å²) < 4.78 is 6.21. The van der Waals surface area contributed by atoms with Gasteiger partial charge >= 0.3 is 0 Å². The first-order valence-electron chi connectivity index (χ1n) is 9.69. The van der Waals surface area contributed by atoms with Gasteiger partial charge in [-0.25, -0.2) is 0 Å². The van der Waals surface area contributed by atoms with E-state index in [1.165, 1.54) is 12.8 Å². The number of carbonyl (C=O) groups is 1. The van der Waals surface area contributed by atoms with Crippen molar-refractivity contribution < 1.29 is 9.53 Å². The van der Waals surface area contributed by atoms with Gasteiger partial charge in [0.15, 0.2) is 0 Å². The fourth-order valence-corrected chi connectivity index (χ4v) is 4.12. The molecule has 2 unspecified atom stereocenters. The van der Waals surface area contributed by atoms with Crippen molar-refractivity contribution in [2.75, 3.05) is 13.2 Å². The van der Waals surface area contributed by atoms with E-state index in [1.54, 1.807) is 0 Å². The van der Waals surface area contributed by atoms with Crippen LogP contribution in [0.15, 0.2) is 0 Å². The van der Waals surface area contributed by atoms with Crippen LogP contribution in [0.5, 0.6) is 0 Å². The predicted molar refractivity (Wildman–Crippen MR) is 94.2 cm³/mol. The molecular weight excluding hydrogens is 288 g/mol. The Morgan fingerprint density at radius 3 is 2.52 bits per heavy atom. The van der Waals surface area contributed by atoms with Crippen molar-refractivity contribution in [3.8, 4) is 0 Å². The van der Waals surface area contributed by atoms with E-state index in [0.717, 1.165) is 50.5 Å². The van der Waals surface area contributed by atoms with Crippen molar-refractivity contribution in [2.45, 2.75) is 90.3 Å². The molecule has 1 saturated heterocycles. The number of nitrogens with zero attached hydrogens (tertiary/aromatic N) is 1. The van der Waals surface area contributed by atoms with Gasteiger partial charge in [-0.1, -0.05) is 20.8 Å². The average Bonchev–Trinajstić information content (AvgIpc) is 2.54. The molecule has 1 heterocycles. The molecule has 0 radical (unpaired) electrons.